The molecule has 7 rings (SSSR count). The van der Waals surface area contributed by atoms with Crippen molar-refractivity contribution < 1.29 is 96.1 Å². The molecule has 90 heavy (non-hydrogen) atoms. The van der Waals surface area contributed by atoms with E-state index in [1.165, 1.54) is 45.0 Å². The molecule has 23 nitrogen and oxygen atoms in total. The first-order valence-electron chi connectivity index (χ1n) is 29.3. The molecule has 2 aliphatic carbocycles. The average molecular weight is 1240 g/mol. The summed E-state index contributed by atoms with van der Waals surface area (Å²) in [4.78, 5) is 137. The lowest BCUT2D eigenvalue weighted by Gasteiger charge is -2.64. The number of aliphatic hydroxyl groups is 2. The molecule has 1 aliphatic heterocycles. The van der Waals surface area contributed by atoms with Gasteiger partial charge in [-0.2, -0.15) is 0 Å². The molecule has 5 N–H and O–H groups in total. The number of carbonyl (C=O) groups excluding carboxylic acids is 10. The molecule has 1 heterocycles. The van der Waals surface area contributed by atoms with Gasteiger partial charge in [0, 0.05) is 57.4 Å². The van der Waals surface area contributed by atoms with Crippen molar-refractivity contribution in [2.24, 2.45) is 16.7 Å². The smallest absolute Gasteiger partial charge is 0.350 e. The maximum absolute atomic E-state index is 15.9. The van der Waals surface area contributed by atoms with E-state index in [1.54, 1.807) is 105 Å². The first-order chi connectivity index (χ1) is 42.9. The van der Waals surface area contributed by atoms with Crippen LogP contribution in [-0.2, 0) is 82.9 Å². The van der Waals surface area contributed by atoms with Gasteiger partial charge in [0.2, 0.25) is 17.9 Å². The number of ether oxygens (including phenoxy) is 8. The number of terminal acetylenes is 1. The number of unbranched alkanes of at least 4 members (excludes halogenated alkanes) is 1. The molecule has 0 bridgehead atoms. The summed E-state index contributed by atoms with van der Waals surface area (Å²) < 4.78 is 47.3. The Morgan fingerprint density at radius 1 is 0.778 bits per heavy atom. The van der Waals surface area contributed by atoms with E-state index in [2.05, 4.69) is 21.9 Å². The van der Waals surface area contributed by atoms with Gasteiger partial charge in [-0.3, -0.25) is 28.8 Å². The van der Waals surface area contributed by atoms with E-state index in [-0.39, 0.29) is 72.8 Å². The second-order valence-corrected chi connectivity index (χ2v) is 23.0. The molecule has 4 aromatic rings. The SMILES string of the molecule is C#CCCCC(=O)NCC(=O)Nc1ccc(COC(=O)COCC(=O)O[C@@H](C(=O)O[C@@H](CCO)/C(C)=C2/[C@@H](OC(C)=O)C(=O)[C@@]3(C)[C@H]([C@H](OC(=O)c4ccccc4)CC2(C)C)[C@]2(OC(C)=O)CO[C@@H]2C[C@@H]3O)C(NC(=O)c2ccccc2)c2ccccc2)cc1. The summed E-state index contributed by atoms with van der Waals surface area (Å²) in [6, 6.07) is 28.7. The molecular weight excluding hydrogens is 1170 g/mol. The number of anilines is 1. The van der Waals surface area contributed by atoms with Crippen LogP contribution in [0, 0.1) is 29.1 Å². The highest BCUT2D eigenvalue weighted by Gasteiger charge is 2.74. The van der Waals surface area contributed by atoms with Gasteiger partial charge in [-0.15, -0.1) is 12.3 Å². The Kier molecular flexibility index (Phi) is 23.5. The first-order valence-corrected chi connectivity index (χ1v) is 29.3. The third-order valence-electron chi connectivity index (χ3n) is 16.2. The van der Waals surface area contributed by atoms with Crippen molar-refractivity contribution in [1.29, 1.82) is 0 Å². The minimum absolute atomic E-state index is 0.0220. The van der Waals surface area contributed by atoms with Gasteiger partial charge in [-0.25, -0.2) is 19.2 Å². The predicted octanol–water partition coefficient (Wildman–Crippen LogP) is 5.54. The number of hydrogen-bond donors (Lipinski definition) is 5. The maximum Gasteiger partial charge on any atom is 0.350 e. The van der Waals surface area contributed by atoms with E-state index in [1.807, 2.05) is 0 Å². The Morgan fingerprint density at radius 3 is 2.01 bits per heavy atom. The van der Waals surface area contributed by atoms with E-state index < -0.39 is 145 Å². The molecule has 0 aromatic heterocycles. The minimum Gasteiger partial charge on any atom is -0.459 e. The van der Waals surface area contributed by atoms with Crippen molar-refractivity contribution in [2.75, 3.05) is 38.3 Å². The van der Waals surface area contributed by atoms with Crippen molar-refractivity contribution in [3.8, 4) is 12.3 Å². The first kappa shape index (κ1) is 68.4. The number of ketones is 1. The number of hydrogen-bond acceptors (Lipinski definition) is 20. The van der Waals surface area contributed by atoms with Gasteiger partial charge < -0.3 is 64.1 Å². The van der Waals surface area contributed by atoms with Crippen LogP contribution < -0.4 is 16.0 Å². The Hall–Kier alpha value is -9.08. The second kappa shape index (κ2) is 30.9. The zero-order valence-electron chi connectivity index (χ0n) is 50.9. The lowest BCUT2D eigenvalue weighted by molar-refractivity contribution is -0.331. The third kappa shape index (κ3) is 16.8. The van der Waals surface area contributed by atoms with Gasteiger partial charge >= 0.3 is 35.8 Å². The Morgan fingerprint density at radius 2 is 1.41 bits per heavy atom. The fourth-order valence-electron chi connectivity index (χ4n) is 12.0. The van der Waals surface area contributed by atoms with Crippen LogP contribution in [0.15, 0.2) is 126 Å². The molecule has 0 radical (unpaired) electrons. The number of amides is 3. The normalized spacial score (nSPS) is 23.0. The quantitative estimate of drug-likeness (QED) is 0.0169. The van der Waals surface area contributed by atoms with E-state index in [0.717, 1.165) is 6.92 Å². The maximum atomic E-state index is 15.9. The largest absolute Gasteiger partial charge is 0.459 e. The van der Waals surface area contributed by atoms with Gasteiger partial charge in [0.1, 0.15) is 44.2 Å². The highest BCUT2D eigenvalue weighted by atomic mass is 16.6. The zero-order valence-corrected chi connectivity index (χ0v) is 50.9. The Bertz CT molecular complexity index is 3330. The second-order valence-electron chi connectivity index (χ2n) is 23.0. The summed E-state index contributed by atoms with van der Waals surface area (Å²) in [6.07, 6.45) is -3.90. The molecule has 3 aliphatic rings. The lowest BCUT2D eigenvalue weighted by atomic mass is 9.49. The standard InChI is InChI=1S/C67H75N3O20/c1-8-9-13-26-52(75)68-35-53(76)69-47-29-27-43(28-30-47)36-84-54(77)37-83-38-55(78)89-59(57(44-20-14-10-15-21-44)70-62(80)45-22-16-11-17-23-45)64(82)87-48(31-32-71)40(2)56-58(86-41(3)72)61(79)66(7)50(74)33-51-67(39-85-51,90-42(4)73)60(66)49(34-65(56,5)6)88-63(81)46-24-18-12-19-25-46/h1,10-12,14-25,27-30,48-51,57-60,71,74H,9,13,26,31-39H2,2-7H3,(H,68,75)(H,69,76)(H,70,80)/b56-40-/t48-,49+,50-,51+,57?,58+,59+,60-,66+,67-/m0/s1. The summed E-state index contributed by atoms with van der Waals surface area (Å²) in [6.45, 7) is 5.34. The summed E-state index contributed by atoms with van der Waals surface area (Å²) in [5.41, 5.74) is -3.57. The number of rotatable bonds is 26. The van der Waals surface area contributed by atoms with Crippen molar-refractivity contribution in [3.63, 3.8) is 0 Å². The van der Waals surface area contributed by atoms with Crippen LogP contribution in [0.25, 0.3) is 0 Å². The lowest BCUT2D eigenvalue weighted by Crippen LogP contribution is -2.78. The van der Waals surface area contributed by atoms with Crippen LogP contribution in [0.3, 0.4) is 0 Å². The zero-order chi connectivity index (χ0) is 65.3. The fourth-order valence-corrected chi connectivity index (χ4v) is 12.0. The van der Waals surface area contributed by atoms with Crippen LogP contribution in [0.2, 0.25) is 0 Å². The van der Waals surface area contributed by atoms with Crippen LogP contribution in [0.1, 0.15) is 118 Å². The number of esters is 6. The van der Waals surface area contributed by atoms with Crippen LogP contribution in [-0.4, -0.2) is 145 Å². The summed E-state index contributed by atoms with van der Waals surface area (Å²) in [5, 5.41) is 31.0. The fraction of sp³-hybridized carbons (Fsp3) is 0.433. The number of benzene rings is 4. The van der Waals surface area contributed by atoms with Crippen molar-refractivity contribution >= 4 is 65.0 Å². The number of carbonyl (C=O) groups is 10. The number of aliphatic hydroxyl groups excluding tert-OH is 2. The molecule has 1 saturated heterocycles. The van der Waals surface area contributed by atoms with E-state index >= 15 is 9.59 Å². The molecule has 2 saturated carbocycles. The van der Waals surface area contributed by atoms with Crippen molar-refractivity contribution in [1.82, 2.24) is 10.6 Å². The molecule has 478 valence electrons. The van der Waals surface area contributed by atoms with Gasteiger partial charge in [-0.05, 0) is 90.8 Å². The highest BCUT2D eigenvalue weighted by Crippen LogP contribution is 2.60. The monoisotopic (exact) mass is 1240 g/mol. The Labute approximate surface area is 520 Å². The molecule has 0 spiro atoms. The minimum atomic E-state index is -2.07. The van der Waals surface area contributed by atoms with Crippen LogP contribution >= 0.6 is 0 Å². The van der Waals surface area contributed by atoms with Gasteiger partial charge in [0.05, 0.1) is 36.2 Å². The summed E-state index contributed by atoms with van der Waals surface area (Å²) in [7, 11) is 0. The van der Waals surface area contributed by atoms with Gasteiger partial charge in [0.25, 0.3) is 5.91 Å². The van der Waals surface area contributed by atoms with E-state index in [9.17, 15) is 48.6 Å². The third-order valence-corrected chi connectivity index (χ3v) is 16.2. The number of fused-ring (bicyclic) bond motifs is 3. The molecular formula is C67H75N3O20. The van der Waals surface area contributed by atoms with Gasteiger partial charge in [-0.1, -0.05) is 92.7 Å². The molecule has 3 amide bonds. The molecule has 10 atom stereocenters. The average Bonchev–Trinajstić information content (AvgIpc) is 0.688. The molecule has 1 unspecified atom stereocenters. The van der Waals surface area contributed by atoms with Crippen LogP contribution in [0.4, 0.5) is 5.69 Å². The summed E-state index contributed by atoms with van der Waals surface area (Å²) in [5.74, 6) is -7.16. The number of nitrogens with one attached hydrogen (secondary N) is 3. The van der Waals surface area contributed by atoms with Crippen molar-refractivity contribution in [3.05, 3.63) is 149 Å². The Balaban J connectivity index is 1.17. The van der Waals surface area contributed by atoms with Gasteiger partial charge in [0.15, 0.2) is 17.5 Å². The summed E-state index contributed by atoms with van der Waals surface area (Å²) >= 11 is 0. The molecule has 23 heteroatoms. The van der Waals surface area contributed by atoms with E-state index in [0.29, 0.717) is 24.1 Å². The molecule has 3 fully saturated rings. The topological polar surface area (TPSA) is 321 Å². The van der Waals surface area contributed by atoms with E-state index in [4.69, 9.17) is 44.3 Å². The number of Topliss-reactive ketones (excluding diaryl/α,β-unsaturated/α-hetero) is 1. The predicted molar refractivity (Wildman–Crippen MR) is 320 cm³/mol. The van der Waals surface area contributed by atoms with Crippen molar-refractivity contribution in [2.45, 2.75) is 135 Å². The highest BCUT2D eigenvalue weighted by molar-refractivity contribution is 5.97. The molecule has 4 aromatic carbocycles. The van der Waals surface area contributed by atoms with Crippen LogP contribution in [0.5, 0.6) is 0 Å².